The molecule has 5 nitrogen and oxygen atoms in total. The second-order valence-corrected chi connectivity index (χ2v) is 8.73. The standard InChI is InChI=1S/C22H22Cl3F3N2O3/c1-4-12(5-2)14-6-7-15(23)18-19(14)30(11(3)10-31)21(29-18)32-20-16(24)8-13(9-17(20)25)33-22(26,27)28/h6-9,11-12,31H,4-5,10H2,1-3H3. The molecule has 33 heavy (non-hydrogen) atoms. The predicted octanol–water partition coefficient (Wildman–Crippen LogP) is 8.14. The van der Waals surface area contributed by atoms with E-state index in [2.05, 4.69) is 23.6 Å². The van der Waals surface area contributed by atoms with Crippen LogP contribution in [0.15, 0.2) is 24.3 Å². The van der Waals surface area contributed by atoms with Crippen molar-refractivity contribution < 1.29 is 27.8 Å². The van der Waals surface area contributed by atoms with Gasteiger partial charge in [0.15, 0.2) is 5.75 Å². The van der Waals surface area contributed by atoms with Gasteiger partial charge in [-0.1, -0.05) is 54.7 Å². The summed E-state index contributed by atoms with van der Waals surface area (Å²) in [5, 5.41) is 9.89. The van der Waals surface area contributed by atoms with Gasteiger partial charge >= 0.3 is 12.4 Å². The van der Waals surface area contributed by atoms with E-state index in [1.807, 2.05) is 6.07 Å². The molecule has 1 atom stereocenters. The van der Waals surface area contributed by atoms with E-state index in [4.69, 9.17) is 39.5 Å². The summed E-state index contributed by atoms with van der Waals surface area (Å²) < 4.78 is 49.2. The van der Waals surface area contributed by atoms with E-state index >= 15 is 0 Å². The Morgan fingerprint density at radius 3 is 2.18 bits per heavy atom. The molecule has 11 heteroatoms. The van der Waals surface area contributed by atoms with Gasteiger partial charge in [-0.25, -0.2) is 0 Å². The first-order chi connectivity index (χ1) is 15.5. The highest BCUT2D eigenvalue weighted by atomic mass is 35.5. The Hall–Kier alpha value is -1.87. The highest BCUT2D eigenvalue weighted by Crippen LogP contribution is 2.43. The average Bonchev–Trinajstić information content (AvgIpc) is 3.11. The summed E-state index contributed by atoms with van der Waals surface area (Å²) in [6, 6.07) is 5.16. The summed E-state index contributed by atoms with van der Waals surface area (Å²) in [5.41, 5.74) is 2.17. The molecule has 3 aromatic rings. The predicted molar refractivity (Wildman–Crippen MR) is 123 cm³/mol. The Balaban J connectivity index is 2.18. The number of aliphatic hydroxyl groups is 1. The van der Waals surface area contributed by atoms with Crippen LogP contribution in [-0.2, 0) is 0 Å². The largest absolute Gasteiger partial charge is 0.573 e. The normalized spacial score (nSPS) is 13.1. The molecule has 3 rings (SSSR count). The average molecular weight is 526 g/mol. The molecule has 0 spiro atoms. The van der Waals surface area contributed by atoms with Gasteiger partial charge in [-0.2, -0.15) is 4.98 Å². The summed E-state index contributed by atoms with van der Waals surface area (Å²) >= 11 is 18.8. The van der Waals surface area contributed by atoms with Gasteiger partial charge in [0.25, 0.3) is 0 Å². The molecule has 0 aliphatic heterocycles. The van der Waals surface area contributed by atoms with Crippen LogP contribution in [0.1, 0.15) is 51.1 Å². The highest BCUT2D eigenvalue weighted by molar-refractivity contribution is 6.37. The summed E-state index contributed by atoms with van der Waals surface area (Å²) in [6.45, 7) is 5.70. The molecule has 1 aromatic heterocycles. The first kappa shape index (κ1) is 25.7. The van der Waals surface area contributed by atoms with Crippen LogP contribution >= 0.6 is 34.8 Å². The van der Waals surface area contributed by atoms with Crippen LogP contribution < -0.4 is 9.47 Å². The maximum absolute atomic E-state index is 12.6. The second kappa shape index (κ2) is 10.2. The zero-order valence-electron chi connectivity index (χ0n) is 18.0. The smallest absolute Gasteiger partial charge is 0.422 e. The van der Waals surface area contributed by atoms with Gasteiger partial charge in [0.2, 0.25) is 0 Å². The number of imidazole rings is 1. The van der Waals surface area contributed by atoms with Crippen molar-refractivity contribution in [3.05, 3.63) is 44.9 Å². The van der Waals surface area contributed by atoms with Gasteiger partial charge in [0, 0.05) is 12.1 Å². The van der Waals surface area contributed by atoms with E-state index in [1.165, 1.54) is 0 Å². The van der Waals surface area contributed by atoms with Crippen molar-refractivity contribution in [2.45, 2.75) is 51.9 Å². The van der Waals surface area contributed by atoms with Crippen molar-refractivity contribution in [1.82, 2.24) is 9.55 Å². The van der Waals surface area contributed by atoms with Crippen molar-refractivity contribution in [3.63, 3.8) is 0 Å². The summed E-state index contributed by atoms with van der Waals surface area (Å²) in [6.07, 6.45) is -3.15. The van der Waals surface area contributed by atoms with E-state index in [0.717, 1.165) is 30.5 Å². The molecule has 0 fully saturated rings. The van der Waals surface area contributed by atoms with E-state index in [0.29, 0.717) is 16.1 Å². The van der Waals surface area contributed by atoms with Crippen molar-refractivity contribution in [3.8, 4) is 17.5 Å². The minimum Gasteiger partial charge on any atom is -0.422 e. The number of ether oxygens (including phenoxy) is 2. The van der Waals surface area contributed by atoms with E-state index in [9.17, 15) is 18.3 Å². The van der Waals surface area contributed by atoms with Crippen LogP contribution in [-0.4, -0.2) is 27.6 Å². The molecule has 0 saturated carbocycles. The summed E-state index contributed by atoms with van der Waals surface area (Å²) in [5.74, 6) is -0.471. The molecule has 0 saturated heterocycles. The summed E-state index contributed by atoms with van der Waals surface area (Å²) in [4.78, 5) is 4.52. The lowest BCUT2D eigenvalue weighted by Crippen LogP contribution is -2.17. The minimum absolute atomic E-state index is 0.0418. The van der Waals surface area contributed by atoms with Gasteiger partial charge in [0.1, 0.15) is 11.3 Å². The Morgan fingerprint density at radius 1 is 1.06 bits per heavy atom. The van der Waals surface area contributed by atoms with Crippen molar-refractivity contribution >= 4 is 45.8 Å². The van der Waals surface area contributed by atoms with E-state index in [1.54, 1.807) is 17.6 Å². The number of aliphatic hydroxyl groups excluding tert-OH is 1. The Morgan fingerprint density at radius 2 is 1.67 bits per heavy atom. The lowest BCUT2D eigenvalue weighted by atomic mass is 9.92. The SMILES string of the molecule is CCC(CC)c1ccc(Cl)c2nc(Oc3c(Cl)cc(OC(F)(F)F)cc3Cl)n(C(C)CO)c12. The Bertz CT molecular complexity index is 1120. The molecule has 1 heterocycles. The zero-order valence-corrected chi connectivity index (χ0v) is 20.3. The Labute approximate surface area is 204 Å². The fourth-order valence-corrected chi connectivity index (χ4v) is 4.45. The van der Waals surface area contributed by atoms with Crippen LogP contribution in [0.3, 0.4) is 0 Å². The fraction of sp³-hybridized carbons (Fsp3) is 0.409. The lowest BCUT2D eigenvalue weighted by molar-refractivity contribution is -0.274. The van der Waals surface area contributed by atoms with Crippen LogP contribution in [0.4, 0.5) is 13.2 Å². The van der Waals surface area contributed by atoms with Crippen molar-refractivity contribution in [2.24, 2.45) is 0 Å². The van der Waals surface area contributed by atoms with Crippen LogP contribution in [0, 0.1) is 0 Å². The van der Waals surface area contributed by atoms with Crippen molar-refractivity contribution in [2.75, 3.05) is 6.61 Å². The topological polar surface area (TPSA) is 56.5 Å². The lowest BCUT2D eigenvalue weighted by Gasteiger charge is -2.20. The molecule has 1 N–H and O–H groups in total. The number of hydrogen-bond donors (Lipinski definition) is 1. The maximum Gasteiger partial charge on any atom is 0.573 e. The van der Waals surface area contributed by atoms with Gasteiger partial charge in [-0.15, -0.1) is 13.2 Å². The molecule has 1 unspecified atom stereocenters. The second-order valence-electron chi connectivity index (χ2n) is 7.51. The number of hydrogen-bond acceptors (Lipinski definition) is 4. The van der Waals surface area contributed by atoms with Gasteiger partial charge in [-0.05, 0) is 37.3 Å². The molecular weight excluding hydrogens is 504 g/mol. The maximum atomic E-state index is 12.6. The number of fused-ring (bicyclic) bond motifs is 1. The van der Waals surface area contributed by atoms with Crippen molar-refractivity contribution in [1.29, 1.82) is 0 Å². The number of halogens is 6. The van der Waals surface area contributed by atoms with E-state index < -0.39 is 18.2 Å². The molecule has 0 amide bonds. The van der Waals surface area contributed by atoms with E-state index in [-0.39, 0.29) is 34.3 Å². The first-order valence-corrected chi connectivity index (χ1v) is 11.4. The number of nitrogens with zero attached hydrogens (tertiary/aromatic N) is 2. The quantitative estimate of drug-likeness (QED) is 0.322. The molecule has 2 aromatic carbocycles. The summed E-state index contributed by atoms with van der Waals surface area (Å²) in [7, 11) is 0. The van der Waals surface area contributed by atoms with Crippen LogP contribution in [0.2, 0.25) is 15.1 Å². The number of alkyl halides is 3. The third-order valence-electron chi connectivity index (χ3n) is 5.32. The third kappa shape index (κ3) is 5.45. The van der Waals surface area contributed by atoms with Gasteiger partial charge in [0.05, 0.1) is 33.2 Å². The van der Waals surface area contributed by atoms with Crippen LogP contribution in [0.5, 0.6) is 17.5 Å². The molecule has 0 bridgehead atoms. The highest BCUT2D eigenvalue weighted by Gasteiger charge is 2.32. The van der Waals surface area contributed by atoms with Gasteiger partial charge < -0.3 is 14.6 Å². The molecule has 0 aliphatic rings. The third-order valence-corrected chi connectivity index (χ3v) is 6.18. The zero-order chi connectivity index (χ0) is 24.5. The fourth-order valence-electron chi connectivity index (χ4n) is 3.71. The monoisotopic (exact) mass is 524 g/mol. The molecule has 0 radical (unpaired) electrons. The number of aromatic nitrogens is 2. The first-order valence-electron chi connectivity index (χ1n) is 10.2. The van der Waals surface area contributed by atoms with Gasteiger partial charge in [-0.3, -0.25) is 4.57 Å². The Kier molecular flexibility index (Phi) is 7.94. The molecule has 0 aliphatic carbocycles. The van der Waals surface area contributed by atoms with Crippen LogP contribution in [0.25, 0.3) is 11.0 Å². The molecule has 180 valence electrons. The molecular formula is C22H22Cl3F3N2O3. The minimum atomic E-state index is -4.90. The number of rotatable bonds is 8. The number of benzene rings is 2.